The van der Waals surface area contributed by atoms with E-state index in [2.05, 4.69) is 10.6 Å². The molecule has 1 aliphatic heterocycles. The van der Waals surface area contributed by atoms with E-state index < -0.39 is 6.03 Å². The first-order valence-corrected chi connectivity index (χ1v) is 7.84. The molecule has 25 heavy (non-hydrogen) atoms. The highest BCUT2D eigenvalue weighted by Crippen LogP contribution is 2.32. The second kappa shape index (κ2) is 9.85. The zero-order valence-corrected chi connectivity index (χ0v) is 14.9. The Morgan fingerprint density at radius 1 is 1.36 bits per heavy atom. The molecular weight excluding hydrogens is 348 g/mol. The summed E-state index contributed by atoms with van der Waals surface area (Å²) in [5, 5.41) is 5.06. The maximum absolute atomic E-state index is 12.0. The van der Waals surface area contributed by atoms with Crippen molar-refractivity contribution in [3.8, 4) is 5.75 Å². The van der Waals surface area contributed by atoms with Crippen LogP contribution in [0.4, 0.5) is 16.2 Å². The number of amides is 4. The van der Waals surface area contributed by atoms with Crippen LogP contribution in [-0.2, 0) is 9.59 Å². The molecule has 1 aromatic rings. The Labute approximate surface area is 152 Å². The normalized spacial score (nSPS) is 13.8. The van der Waals surface area contributed by atoms with Crippen molar-refractivity contribution in [1.82, 2.24) is 5.32 Å². The third-order valence-electron chi connectivity index (χ3n) is 3.67. The maximum Gasteiger partial charge on any atom is 0.328 e. The van der Waals surface area contributed by atoms with Crippen LogP contribution in [0, 0.1) is 0 Å². The zero-order chi connectivity index (χ0) is 17.5. The molecule has 4 N–H and O–H groups in total. The van der Waals surface area contributed by atoms with Gasteiger partial charge in [-0.1, -0.05) is 0 Å². The fourth-order valence-electron chi connectivity index (χ4n) is 2.43. The van der Waals surface area contributed by atoms with Crippen LogP contribution in [0.25, 0.3) is 0 Å². The molecule has 0 atom stereocenters. The minimum atomic E-state index is -0.504. The average Bonchev–Trinajstić information content (AvgIpc) is 2.55. The van der Waals surface area contributed by atoms with Crippen LogP contribution >= 0.6 is 12.4 Å². The van der Waals surface area contributed by atoms with Crippen molar-refractivity contribution in [3.05, 3.63) is 18.2 Å². The summed E-state index contributed by atoms with van der Waals surface area (Å²) in [5.41, 5.74) is 6.48. The molecule has 2 rings (SSSR count). The molecule has 8 nitrogen and oxygen atoms in total. The van der Waals surface area contributed by atoms with Gasteiger partial charge in [-0.2, -0.15) is 0 Å². The minimum Gasteiger partial charge on any atom is -0.495 e. The summed E-state index contributed by atoms with van der Waals surface area (Å²) < 4.78 is 5.28. The summed E-state index contributed by atoms with van der Waals surface area (Å²) in [6.07, 6.45) is 2.12. The van der Waals surface area contributed by atoms with E-state index in [1.807, 2.05) is 0 Å². The summed E-state index contributed by atoms with van der Waals surface area (Å²) in [6, 6.07) is 4.54. The molecule has 0 aliphatic carbocycles. The molecule has 1 aromatic carbocycles. The molecule has 1 fully saturated rings. The Kier molecular flexibility index (Phi) is 8.17. The Bertz CT molecular complexity index is 639. The van der Waals surface area contributed by atoms with Gasteiger partial charge in [-0.15, -0.1) is 12.4 Å². The van der Waals surface area contributed by atoms with Crippen molar-refractivity contribution in [2.75, 3.05) is 30.4 Å². The van der Waals surface area contributed by atoms with Gasteiger partial charge in [0.1, 0.15) is 5.75 Å². The van der Waals surface area contributed by atoms with Gasteiger partial charge < -0.3 is 15.8 Å². The molecule has 0 spiro atoms. The highest BCUT2D eigenvalue weighted by Gasteiger charge is 2.26. The van der Waals surface area contributed by atoms with E-state index in [4.69, 9.17) is 10.5 Å². The third kappa shape index (κ3) is 5.61. The largest absolute Gasteiger partial charge is 0.495 e. The SMILES string of the molecule is COc1ccc(NC(=O)CCCCN)cc1N1CCC(=O)NC1=O.Cl. The number of rotatable bonds is 7. The topological polar surface area (TPSA) is 114 Å². The van der Waals surface area contributed by atoms with Crippen molar-refractivity contribution >= 4 is 41.6 Å². The number of unbranched alkanes of at least 4 members (excludes halogenated alkanes) is 1. The lowest BCUT2D eigenvalue weighted by Gasteiger charge is -2.28. The quantitative estimate of drug-likeness (QED) is 0.631. The molecule has 1 heterocycles. The lowest BCUT2D eigenvalue weighted by molar-refractivity contribution is -0.120. The van der Waals surface area contributed by atoms with Gasteiger partial charge in [0.2, 0.25) is 11.8 Å². The standard InChI is InChI=1S/C16H22N4O4.ClH/c1-24-13-6-5-11(18-14(21)4-2-3-8-17)10-12(13)20-9-7-15(22)19-16(20)23;/h5-6,10H,2-4,7-9,17H2,1H3,(H,18,21)(H,19,22,23);1H. The van der Waals surface area contributed by atoms with Gasteiger partial charge in [0.25, 0.3) is 0 Å². The summed E-state index contributed by atoms with van der Waals surface area (Å²) >= 11 is 0. The van der Waals surface area contributed by atoms with Crippen LogP contribution in [0.15, 0.2) is 18.2 Å². The molecule has 9 heteroatoms. The number of ether oxygens (including phenoxy) is 1. The molecule has 0 unspecified atom stereocenters. The van der Waals surface area contributed by atoms with Crippen molar-refractivity contribution in [2.45, 2.75) is 25.7 Å². The van der Waals surface area contributed by atoms with E-state index in [9.17, 15) is 14.4 Å². The van der Waals surface area contributed by atoms with Crippen LogP contribution in [0.5, 0.6) is 5.75 Å². The van der Waals surface area contributed by atoms with E-state index in [1.54, 1.807) is 18.2 Å². The first kappa shape index (κ1) is 20.7. The molecule has 1 saturated heterocycles. The second-order valence-corrected chi connectivity index (χ2v) is 5.44. The lowest BCUT2D eigenvalue weighted by atomic mass is 10.2. The summed E-state index contributed by atoms with van der Waals surface area (Å²) in [4.78, 5) is 36.6. The molecule has 0 aromatic heterocycles. The average molecular weight is 371 g/mol. The fourth-order valence-corrected chi connectivity index (χ4v) is 2.43. The number of carbonyl (C=O) groups is 3. The number of methoxy groups -OCH3 is 1. The van der Waals surface area contributed by atoms with E-state index in [1.165, 1.54) is 12.0 Å². The van der Waals surface area contributed by atoms with Gasteiger partial charge in [-0.05, 0) is 37.6 Å². The zero-order valence-electron chi connectivity index (χ0n) is 14.0. The molecule has 0 bridgehead atoms. The number of imide groups is 1. The van der Waals surface area contributed by atoms with Crippen LogP contribution in [0.2, 0.25) is 0 Å². The van der Waals surface area contributed by atoms with Crippen LogP contribution in [-0.4, -0.2) is 38.0 Å². The van der Waals surface area contributed by atoms with Gasteiger partial charge in [-0.3, -0.25) is 19.8 Å². The second-order valence-electron chi connectivity index (χ2n) is 5.44. The van der Waals surface area contributed by atoms with Crippen molar-refractivity contribution in [2.24, 2.45) is 5.73 Å². The predicted molar refractivity (Wildman–Crippen MR) is 97.3 cm³/mol. The number of halogens is 1. The van der Waals surface area contributed by atoms with Crippen molar-refractivity contribution in [3.63, 3.8) is 0 Å². The van der Waals surface area contributed by atoms with E-state index in [0.29, 0.717) is 30.1 Å². The molecule has 138 valence electrons. The van der Waals surface area contributed by atoms with Gasteiger partial charge in [0.05, 0.1) is 12.8 Å². The van der Waals surface area contributed by atoms with Crippen LogP contribution in [0.1, 0.15) is 25.7 Å². The number of nitrogens with two attached hydrogens (primary N) is 1. The Morgan fingerprint density at radius 2 is 2.12 bits per heavy atom. The number of benzene rings is 1. The molecule has 0 saturated carbocycles. The Balaban J connectivity index is 0.00000312. The fraction of sp³-hybridized carbons (Fsp3) is 0.438. The van der Waals surface area contributed by atoms with Gasteiger partial charge in [0, 0.05) is 25.1 Å². The maximum atomic E-state index is 12.0. The summed E-state index contributed by atoms with van der Waals surface area (Å²) in [5.74, 6) is 0.0676. The predicted octanol–water partition coefficient (Wildman–Crippen LogP) is 1.63. The number of nitrogens with one attached hydrogen (secondary N) is 2. The number of anilines is 2. The Hall–Kier alpha value is -2.32. The molecule has 0 radical (unpaired) electrons. The highest BCUT2D eigenvalue weighted by atomic mass is 35.5. The molecule has 1 aliphatic rings. The summed E-state index contributed by atoms with van der Waals surface area (Å²) in [7, 11) is 1.50. The van der Waals surface area contributed by atoms with E-state index in [0.717, 1.165) is 12.8 Å². The Morgan fingerprint density at radius 3 is 2.76 bits per heavy atom. The number of carbonyl (C=O) groups excluding carboxylic acids is 3. The van der Waals surface area contributed by atoms with Gasteiger partial charge in [0.15, 0.2) is 0 Å². The van der Waals surface area contributed by atoms with Gasteiger partial charge >= 0.3 is 6.03 Å². The third-order valence-corrected chi connectivity index (χ3v) is 3.67. The van der Waals surface area contributed by atoms with E-state index >= 15 is 0 Å². The van der Waals surface area contributed by atoms with Crippen molar-refractivity contribution in [1.29, 1.82) is 0 Å². The molecule has 4 amide bonds. The number of hydrogen-bond donors (Lipinski definition) is 3. The monoisotopic (exact) mass is 370 g/mol. The van der Waals surface area contributed by atoms with E-state index in [-0.39, 0.29) is 37.2 Å². The van der Waals surface area contributed by atoms with Crippen LogP contribution < -0.4 is 26.0 Å². The lowest BCUT2D eigenvalue weighted by Crippen LogP contribution is -2.49. The van der Waals surface area contributed by atoms with Crippen LogP contribution in [0.3, 0.4) is 0 Å². The first-order valence-electron chi connectivity index (χ1n) is 7.84. The number of nitrogens with zero attached hydrogens (tertiary/aromatic N) is 1. The van der Waals surface area contributed by atoms with Crippen molar-refractivity contribution < 1.29 is 19.1 Å². The first-order chi connectivity index (χ1) is 11.5. The number of urea groups is 1. The summed E-state index contributed by atoms with van der Waals surface area (Å²) in [6.45, 7) is 0.817. The minimum absolute atomic E-state index is 0. The number of hydrogen-bond acceptors (Lipinski definition) is 5. The molecular formula is C16H23ClN4O4. The van der Waals surface area contributed by atoms with Gasteiger partial charge in [-0.25, -0.2) is 4.79 Å². The highest BCUT2D eigenvalue weighted by molar-refractivity contribution is 6.06. The smallest absolute Gasteiger partial charge is 0.328 e.